The number of methoxy groups -OCH3 is 1. The first-order valence-electron chi connectivity index (χ1n) is 12.5. The van der Waals surface area contributed by atoms with E-state index >= 15 is 0 Å². The molecule has 1 aromatic heterocycles. The van der Waals surface area contributed by atoms with Gasteiger partial charge in [0.25, 0.3) is 0 Å². The van der Waals surface area contributed by atoms with E-state index in [9.17, 15) is 12.8 Å². The van der Waals surface area contributed by atoms with Crippen molar-refractivity contribution in [3.8, 4) is 28.3 Å². The van der Waals surface area contributed by atoms with Crippen LogP contribution in [0.2, 0.25) is 0 Å². The second-order valence-electron chi connectivity index (χ2n) is 9.52. The van der Waals surface area contributed by atoms with E-state index in [0.717, 1.165) is 5.56 Å². The van der Waals surface area contributed by atoms with Crippen LogP contribution in [0, 0.1) is 5.82 Å². The number of primary sulfonamides is 1. The summed E-state index contributed by atoms with van der Waals surface area (Å²) in [6.07, 6.45) is 1.18. The predicted octanol–water partition coefficient (Wildman–Crippen LogP) is 5.41. The van der Waals surface area contributed by atoms with Gasteiger partial charge in [-0.2, -0.15) is 0 Å². The van der Waals surface area contributed by atoms with Crippen LogP contribution in [0.25, 0.3) is 22.6 Å². The zero-order valence-electron chi connectivity index (χ0n) is 21.6. The van der Waals surface area contributed by atoms with Gasteiger partial charge in [-0.05, 0) is 48.9 Å². The van der Waals surface area contributed by atoms with Crippen molar-refractivity contribution in [3.63, 3.8) is 0 Å². The molecule has 204 valence electrons. The Balaban J connectivity index is 1.44. The number of benzene rings is 3. The molecule has 3 aromatic carbocycles. The van der Waals surface area contributed by atoms with Crippen LogP contribution in [0.4, 0.5) is 4.39 Å². The fourth-order valence-corrected chi connectivity index (χ4v) is 5.39. The van der Waals surface area contributed by atoms with Gasteiger partial charge in [0.15, 0.2) is 12.4 Å². The number of hydrogen-bond donors (Lipinski definition) is 1. The molecule has 2 N–H and O–H groups in total. The van der Waals surface area contributed by atoms with Crippen molar-refractivity contribution in [2.45, 2.75) is 43.0 Å². The molecule has 2 unspecified atom stereocenters. The van der Waals surface area contributed by atoms with E-state index < -0.39 is 21.4 Å². The Morgan fingerprint density at radius 3 is 2.49 bits per heavy atom. The van der Waals surface area contributed by atoms with Crippen LogP contribution in [0.1, 0.15) is 31.2 Å². The molecule has 1 fully saturated rings. The first-order valence-corrected chi connectivity index (χ1v) is 14.0. The van der Waals surface area contributed by atoms with Gasteiger partial charge in [0.1, 0.15) is 17.3 Å². The third-order valence-corrected chi connectivity index (χ3v) is 7.77. The van der Waals surface area contributed by atoms with E-state index in [-0.39, 0.29) is 23.5 Å². The number of sulfonamides is 1. The number of nitrogens with zero attached hydrogens (tertiary/aromatic N) is 1. The first kappa shape index (κ1) is 27.0. The van der Waals surface area contributed by atoms with E-state index in [1.165, 1.54) is 24.3 Å². The Morgan fingerprint density at radius 1 is 1.08 bits per heavy atom. The fourth-order valence-electron chi connectivity index (χ4n) is 4.88. The molecule has 1 aliphatic rings. The Morgan fingerprint density at radius 2 is 1.82 bits per heavy atom. The molecule has 1 aliphatic heterocycles. The minimum Gasteiger partial charge on any atom is -0.484 e. The highest BCUT2D eigenvalue weighted by Crippen LogP contribution is 2.40. The maximum absolute atomic E-state index is 14.7. The third-order valence-electron chi connectivity index (χ3n) is 6.84. The van der Waals surface area contributed by atoms with Crippen LogP contribution in [0.3, 0.4) is 0 Å². The van der Waals surface area contributed by atoms with E-state index in [0.29, 0.717) is 47.8 Å². The minimum absolute atomic E-state index is 0.00903. The summed E-state index contributed by atoms with van der Waals surface area (Å²) < 4.78 is 61.6. The molecule has 5 rings (SSSR count). The average molecular weight is 553 g/mol. The summed E-state index contributed by atoms with van der Waals surface area (Å²) in [5, 5.41) is 5.24. The number of nitrogens with two attached hydrogens (primary N) is 1. The molecule has 39 heavy (non-hydrogen) atoms. The molecule has 0 saturated carbocycles. The molecule has 1 saturated heterocycles. The van der Waals surface area contributed by atoms with Crippen molar-refractivity contribution in [1.29, 1.82) is 0 Å². The first-order chi connectivity index (χ1) is 18.7. The highest BCUT2D eigenvalue weighted by atomic mass is 32.2. The zero-order chi connectivity index (χ0) is 27.6. The monoisotopic (exact) mass is 552 g/mol. The molecule has 0 amide bonds. The lowest BCUT2D eigenvalue weighted by Gasteiger charge is -2.39. The highest BCUT2D eigenvalue weighted by molar-refractivity contribution is 7.89. The van der Waals surface area contributed by atoms with Gasteiger partial charge in [-0.3, -0.25) is 0 Å². The minimum atomic E-state index is -3.84. The van der Waals surface area contributed by atoms with Crippen molar-refractivity contribution in [1.82, 2.24) is 4.98 Å². The van der Waals surface area contributed by atoms with Crippen LogP contribution in [0.15, 0.2) is 82.1 Å². The van der Waals surface area contributed by atoms with Crippen LogP contribution in [0.5, 0.6) is 5.75 Å². The van der Waals surface area contributed by atoms with E-state index in [1.54, 1.807) is 25.3 Å². The molecular formula is C29H29FN2O6S. The summed E-state index contributed by atoms with van der Waals surface area (Å²) in [7, 11) is -2.21. The standard InChI is InChI=1S/C29H29FN2O6S/c1-19-17-29(35-2,12-13-36-19)22-14-23(30)16-24(15-22)37-18-26-32-27(20-6-4-3-5-7-20)28(38-26)21-8-10-25(11-9-21)39(31,33)34/h3-11,14-16,19H,12-13,17-18H2,1-2H3,(H2,31,33,34). The van der Waals surface area contributed by atoms with E-state index in [4.69, 9.17) is 23.8 Å². The van der Waals surface area contributed by atoms with Crippen LogP contribution >= 0.6 is 0 Å². The molecule has 10 heteroatoms. The average Bonchev–Trinajstić information content (AvgIpc) is 3.36. The number of ether oxygens (including phenoxy) is 3. The maximum Gasteiger partial charge on any atom is 0.238 e. The molecule has 2 heterocycles. The summed E-state index contributed by atoms with van der Waals surface area (Å²) in [5.41, 5.74) is 2.00. The Bertz CT molecular complexity index is 1560. The van der Waals surface area contributed by atoms with Crippen molar-refractivity contribution in [2.75, 3.05) is 13.7 Å². The molecule has 0 spiro atoms. The van der Waals surface area contributed by atoms with Gasteiger partial charge in [0.05, 0.1) is 23.2 Å². The molecule has 2 atom stereocenters. The maximum atomic E-state index is 14.7. The van der Waals surface area contributed by atoms with Crippen molar-refractivity contribution < 1.29 is 31.4 Å². The lowest BCUT2D eigenvalue weighted by molar-refractivity contribution is -0.122. The molecule has 4 aromatic rings. The Kier molecular flexibility index (Phi) is 7.55. The number of aromatic nitrogens is 1. The normalized spacial score (nSPS) is 19.6. The largest absolute Gasteiger partial charge is 0.484 e. The zero-order valence-corrected chi connectivity index (χ0v) is 22.4. The van der Waals surface area contributed by atoms with Crippen LogP contribution in [-0.4, -0.2) is 33.2 Å². The fraction of sp³-hybridized carbons (Fsp3) is 0.276. The number of rotatable bonds is 8. The van der Waals surface area contributed by atoms with Gasteiger partial charge in [-0.15, -0.1) is 0 Å². The Hall–Kier alpha value is -3.57. The van der Waals surface area contributed by atoms with E-state index in [1.807, 2.05) is 37.3 Å². The van der Waals surface area contributed by atoms with Crippen molar-refractivity contribution in [3.05, 3.63) is 90.1 Å². The molecule has 0 radical (unpaired) electrons. The van der Waals surface area contributed by atoms with Gasteiger partial charge >= 0.3 is 0 Å². The molecule has 0 aliphatic carbocycles. The number of halogens is 1. The lowest BCUT2D eigenvalue weighted by atomic mass is 9.83. The summed E-state index contributed by atoms with van der Waals surface area (Å²) in [6.45, 7) is 2.43. The summed E-state index contributed by atoms with van der Waals surface area (Å²) in [4.78, 5) is 4.64. The predicted molar refractivity (Wildman–Crippen MR) is 143 cm³/mol. The molecule has 8 nitrogen and oxygen atoms in total. The summed E-state index contributed by atoms with van der Waals surface area (Å²) >= 11 is 0. The van der Waals surface area contributed by atoms with Crippen LogP contribution < -0.4 is 9.88 Å². The van der Waals surface area contributed by atoms with Crippen LogP contribution in [-0.2, 0) is 31.7 Å². The number of oxazole rings is 1. The second-order valence-corrected chi connectivity index (χ2v) is 11.1. The van der Waals surface area contributed by atoms with Gasteiger partial charge in [0, 0.05) is 37.1 Å². The quantitative estimate of drug-likeness (QED) is 0.311. The summed E-state index contributed by atoms with van der Waals surface area (Å²) in [6, 6.07) is 20.0. The van der Waals surface area contributed by atoms with Crippen molar-refractivity contribution >= 4 is 10.0 Å². The smallest absolute Gasteiger partial charge is 0.238 e. The van der Waals surface area contributed by atoms with Gasteiger partial charge < -0.3 is 18.6 Å². The topological polar surface area (TPSA) is 114 Å². The highest BCUT2D eigenvalue weighted by Gasteiger charge is 2.38. The summed E-state index contributed by atoms with van der Waals surface area (Å²) in [5.74, 6) is 0.590. The number of hydrogen-bond acceptors (Lipinski definition) is 7. The third kappa shape index (κ3) is 5.89. The molecule has 0 bridgehead atoms. The van der Waals surface area contributed by atoms with Crippen molar-refractivity contribution in [2.24, 2.45) is 5.14 Å². The van der Waals surface area contributed by atoms with Gasteiger partial charge in [-0.1, -0.05) is 30.3 Å². The Labute approximate surface area is 226 Å². The van der Waals surface area contributed by atoms with E-state index in [2.05, 4.69) is 4.98 Å². The second kappa shape index (κ2) is 10.9. The SMILES string of the molecule is COC1(c2cc(F)cc(OCc3nc(-c4ccccc4)c(-c4ccc(S(N)(=O)=O)cc4)o3)c2)CCOC(C)C1. The lowest BCUT2D eigenvalue weighted by Crippen LogP contribution is -2.39. The van der Waals surface area contributed by atoms with Gasteiger partial charge in [0.2, 0.25) is 15.9 Å². The molecular weight excluding hydrogens is 523 g/mol. The van der Waals surface area contributed by atoms with Gasteiger partial charge in [-0.25, -0.2) is 22.9 Å².